The number of hydrogen-bond acceptors (Lipinski definition) is 3. The van der Waals surface area contributed by atoms with Crippen LogP contribution in [0.3, 0.4) is 0 Å². The minimum Gasteiger partial charge on any atom is -0.493 e. The fourth-order valence-electron chi connectivity index (χ4n) is 1.99. The number of amides is 1. The molecule has 2 rings (SSSR count). The Morgan fingerprint density at radius 3 is 2.94 bits per heavy atom. The van der Waals surface area contributed by atoms with Gasteiger partial charge in [0, 0.05) is 12.1 Å². The van der Waals surface area contributed by atoms with Gasteiger partial charge in [-0.1, -0.05) is 13.8 Å². The number of nitriles is 1. The predicted octanol–water partition coefficient (Wildman–Crippen LogP) is 2.36. The summed E-state index contributed by atoms with van der Waals surface area (Å²) in [6.45, 7) is 4.42. The van der Waals surface area contributed by atoms with E-state index >= 15 is 0 Å². The van der Waals surface area contributed by atoms with Crippen molar-refractivity contribution in [3.05, 3.63) is 23.8 Å². The second-order valence-electron chi connectivity index (χ2n) is 4.76. The molecule has 94 valence electrons. The highest BCUT2D eigenvalue weighted by atomic mass is 16.5. The molecule has 1 N–H and O–H groups in total. The van der Waals surface area contributed by atoms with E-state index in [0.29, 0.717) is 6.61 Å². The molecule has 0 aliphatic carbocycles. The van der Waals surface area contributed by atoms with Crippen molar-refractivity contribution >= 4 is 11.6 Å². The standard InChI is InChI=1S/C14H16N2O2/c1-9(2)12(8-15)14(17)16-11-3-4-13-10(7-11)5-6-18-13/h3-4,7,9,12H,5-6H2,1-2H3,(H,16,17). The van der Waals surface area contributed by atoms with E-state index < -0.39 is 5.92 Å². The Morgan fingerprint density at radius 1 is 1.50 bits per heavy atom. The van der Waals surface area contributed by atoms with Gasteiger partial charge in [-0.25, -0.2) is 0 Å². The first kappa shape index (κ1) is 12.4. The van der Waals surface area contributed by atoms with Gasteiger partial charge in [0.1, 0.15) is 11.7 Å². The van der Waals surface area contributed by atoms with Crippen LogP contribution in [0.5, 0.6) is 5.75 Å². The van der Waals surface area contributed by atoms with Gasteiger partial charge in [0.2, 0.25) is 5.91 Å². The van der Waals surface area contributed by atoms with Crippen LogP contribution in [0.1, 0.15) is 19.4 Å². The van der Waals surface area contributed by atoms with Gasteiger partial charge in [0.15, 0.2) is 0 Å². The van der Waals surface area contributed by atoms with Crippen molar-refractivity contribution in [1.29, 1.82) is 5.26 Å². The van der Waals surface area contributed by atoms with E-state index in [1.165, 1.54) is 0 Å². The number of hydrogen-bond donors (Lipinski definition) is 1. The predicted molar refractivity (Wildman–Crippen MR) is 68.2 cm³/mol. The molecular formula is C14H16N2O2. The van der Waals surface area contributed by atoms with Gasteiger partial charge < -0.3 is 10.1 Å². The van der Waals surface area contributed by atoms with Crippen molar-refractivity contribution in [2.45, 2.75) is 20.3 Å². The van der Waals surface area contributed by atoms with Gasteiger partial charge in [-0.05, 0) is 29.7 Å². The molecule has 1 aromatic carbocycles. The number of rotatable bonds is 3. The molecule has 1 aromatic rings. The molecule has 1 aliphatic heterocycles. The van der Waals surface area contributed by atoms with E-state index in [4.69, 9.17) is 10.00 Å². The maximum atomic E-state index is 11.9. The van der Waals surface area contributed by atoms with Crippen molar-refractivity contribution in [3.8, 4) is 11.8 Å². The van der Waals surface area contributed by atoms with E-state index in [9.17, 15) is 4.79 Å². The highest BCUT2D eigenvalue weighted by Gasteiger charge is 2.22. The van der Waals surface area contributed by atoms with Crippen molar-refractivity contribution in [2.75, 3.05) is 11.9 Å². The van der Waals surface area contributed by atoms with Crippen LogP contribution >= 0.6 is 0 Å². The maximum absolute atomic E-state index is 11.9. The van der Waals surface area contributed by atoms with Gasteiger partial charge in [0.05, 0.1) is 12.7 Å². The summed E-state index contributed by atoms with van der Waals surface area (Å²) in [6.07, 6.45) is 0.866. The molecule has 0 aromatic heterocycles. The van der Waals surface area contributed by atoms with Crippen LogP contribution in [0.15, 0.2) is 18.2 Å². The third-order valence-electron chi connectivity index (χ3n) is 3.05. The quantitative estimate of drug-likeness (QED) is 0.887. The lowest BCUT2D eigenvalue weighted by atomic mass is 9.96. The van der Waals surface area contributed by atoms with Crippen LogP contribution in [0.4, 0.5) is 5.69 Å². The lowest BCUT2D eigenvalue weighted by molar-refractivity contribution is -0.119. The summed E-state index contributed by atoms with van der Waals surface area (Å²) in [4.78, 5) is 11.9. The molecule has 1 unspecified atom stereocenters. The van der Waals surface area contributed by atoms with Gasteiger partial charge in [-0.2, -0.15) is 5.26 Å². The van der Waals surface area contributed by atoms with Crippen LogP contribution in [0.25, 0.3) is 0 Å². The Bertz CT molecular complexity index is 503. The fraction of sp³-hybridized carbons (Fsp3) is 0.429. The van der Waals surface area contributed by atoms with Crippen molar-refractivity contribution in [1.82, 2.24) is 0 Å². The smallest absolute Gasteiger partial charge is 0.241 e. The van der Waals surface area contributed by atoms with Gasteiger partial charge in [-0.15, -0.1) is 0 Å². The number of anilines is 1. The van der Waals surface area contributed by atoms with Crippen LogP contribution in [-0.4, -0.2) is 12.5 Å². The minimum atomic E-state index is -0.616. The summed E-state index contributed by atoms with van der Waals surface area (Å²) in [5.41, 5.74) is 1.83. The number of fused-ring (bicyclic) bond motifs is 1. The third-order valence-corrected chi connectivity index (χ3v) is 3.05. The van der Waals surface area contributed by atoms with Gasteiger partial charge >= 0.3 is 0 Å². The molecule has 1 aliphatic rings. The molecule has 1 amide bonds. The fourth-order valence-corrected chi connectivity index (χ4v) is 1.99. The lowest BCUT2D eigenvalue weighted by Gasteiger charge is -2.13. The second kappa shape index (κ2) is 5.09. The van der Waals surface area contributed by atoms with E-state index in [1.54, 1.807) is 6.07 Å². The lowest BCUT2D eigenvalue weighted by Crippen LogP contribution is -2.25. The molecule has 0 saturated carbocycles. The normalized spacial score (nSPS) is 14.6. The van der Waals surface area contributed by atoms with Crippen LogP contribution in [0, 0.1) is 23.2 Å². The summed E-state index contributed by atoms with van der Waals surface area (Å²) in [7, 11) is 0. The molecule has 4 nitrogen and oxygen atoms in total. The Balaban J connectivity index is 2.10. The molecule has 18 heavy (non-hydrogen) atoms. The maximum Gasteiger partial charge on any atom is 0.241 e. The van der Waals surface area contributed by atoms with Crippen LogP contribution < -0.4 is 10.1 Å². The van der Waals surface area contributed by atoms with E-state index in [2.05, 4.69) is 5.32 Å². The Labute approximate surface area is 107 Å². The minimum absolute atomic E-state index is 0.00719. The molecule has 0 spiro atoms. The first-order valence-corrected chi connectivity index (χ1v) is 6.08. The molecule has 1 atom stereocenters. The monoisotopic (exact) mass is 244 g/mol. The Kier molecular flexibility index (Phi) is 3.52. The summed E-state index contributed by atoms with van der Waals surface area (Å²) in [5, 5.41) is 11.8. The summed E-state index contributed by atoms with van der Waals surface area (Å²) in [6, 6.07) is 7.61. The van der Waals surface area contributed by atoms with Crippen LogP contribution in [0.2, 0.25) is 0 Å². The van der Waals surface area contributed by atoms with E-state index in [-0.39, 0.29) is 11.8 Å². The zero-order valence-corrected chi connectivity index (χ0v) is 10.6. The highest BCUT2D eigenvalue weighted by Crippen LogP contribution is 2.28. The second-order valence-corrected chi connectivity index (χ2v) is 4.76. The first-order chi connectivity index (χ1) is 8.61. The first-order valence-electron chi connectivity index (χ1n) is 6.08. The summed E-state index contributed by atoms with van der Waals surface area (Å²) < 4.78 is 5.40. The number of carbonyl (C=O) groups excluding carboxylic acids is 1. The Morgan fingerprint density at radius 2 is 2.28 bits per heavy atom. The van der Waals surface area contributed by atoms with Crippen molar-refractivity contribution in [3.63, 3.8) is 0 Å². The Hall–Kier alpha value is -2.02. The number of ether oxygens (including phenoxy) is 1. The number of nitrogens with one attached hydrogen (secondary N) is 1. The third kappa shape index (κ3) is 2.45. The topological polar surface area (TPSA) is 62.1 Å². The zero-order chi connectivity index (χ0) is 13.1. The van der Waals surface area contributed by atoms with Gasteiger partial charge in [0.25, 0.3) is 0 Å². The number of nitrogens with zero attached hydrogens (tertiary/aromatic N) is 1. The molecule has 4 heteroatoms. The molecule has 0 bridgehead atoms. The molecule has 1 heterocycles. The van der Waals surface area contributed by atoms with Crippen molar-refractivity contribution in [2.24, 2.45) is 11.8 Å². The SMILES string of the molecule is CC(C)C(C#N)C(=O)Nc1ccc2c(c1)CCO2. The summed E-state index contributed by atoms with van der Waals surface area (Å²) >= 11 is 0. The largest absolute Gasteiger partial charge is 0.493 e. The molecule has 0 saturated heterocycles. The average molecular weight is 244 g/mol. The molecule has 0 fully saturated rings. The number of carbonyl (C=O) groups is 1. The molecular weight excluding hydrogens is 228 g/mol. The zero-order valence-electron chi connectivity index (χ0n) is 10.6. The molecule has 0 radical (unpaired) electrons. The van der Waals surface area contributed by atoms with E-state index in [0.717, 1.165) is 23.4 Å². The summed E-state index contributed by atoms with van der Waals surface area (Å²) in [5.74, 6) is 0.0299. The van der Waals surface area contributed by atoms with E-state index in [1.807, 2.05) is 32.0 Å². The average Bonchev–Trinajstić information content (AvgIpc) is 2.76. The van der Waals surface area contributed by atoms with Crippen molar-refractivity contribution < 1.29 is 9.53 Å². The van der Waals surface area contributed by atoms with Gasteiger partial charge in [-0.3, -0.25) is 4.79 Å². The highest BCUT2D eigenvalue weighted by molar-refractivity contribution is 5.94. The number of benzene rings is 1. The van der Waals surface area contributed by atoms with Crippen LogP contribution in [-0.2, 0) is 11.2 Å².